The van der Waals surface area contributed by atoms with Crippen molar-refractivity contribution < 1.29 is 70.4 Å². The number of nitrogens with zero attached hydrogens (tertiary/aromatic N) is 6. The number of hydroxylamine groups is 6. The van der Waals surface area contributed by atoms with Gasteiger partial charge in [0.2, 0.25) is 0 Å². The van der Waals surface area contributed by atoms with E-state index in [0.29, 0.717) is 87.8 Å². The number of rotatable bonds is 8. The Hall–Kier alpha value is -4.23. The van der Waals surface area contributed by atoms with Crippen molar-refractivity contribution in [1.82, 2.24) is 40.7 Å². The van der Waals surface area contributed by atoms with E-state index in [2.05, 4.69) is 15.2 Å². The van der Waals surface area contributed by atoms with Crippen LogP contribution in [-0.4, -0.2) is 171 Å². The number of carbonyl (C=O) groups excluding carboxylic acids is 6. The standard InChI is InChI=1S/C17H28N4O9S.C17H28N4O6/c1-17(2,3)28-16(24)19-8-6-12(7-9-19)29-18-14(22)13-5-4-11-10-20(13)15(23)21(11)30-31(25,26)27;1-17(2,3)26-16(24)19-8-6-12(7-9-19)27-18-14(22)13-5-4-11-10-20(13)15(23)21(11)25/h11-13H,4-10H2,1-3H3,(H,18,22)(H,25,26,27);11-13,25H,4-10H2,1-3H3,(H,18,22)/t2*11-,13+/m11/s1. The molecule has 328 valence electrons. The van der Waals surface area contributed by atoms with Gasteiger partial charge in [-0.05, 0) is 92.9 Å². The summed E-state index contributed by atoms with van der Waals surface area (Å²) in [6.45, 7) is 13.1. The van der Waals surface area contributed by atoms with Gasteiger partial charge >= 0.3 is 34.6 Å². The van der Waals surface area contributed by atoms with Crippen LogP contribution in [0.5, 0.6) is 0 Å². The molecule has 0 aromatic heterocycles. The molecule has 4 N–H and O–H groups in total. The van der Waals surface area contributed by atoms with Crippen molar-refractivity contribution in [2.75, 3.05) is 39.3 Å². The van der Waals surface area contributed by atoms with Crippen LogP contribution in [0.15, 0.2) is 0 Å². The lowest BCUT2D eigenvalue weighted by atomic mass is 10.0. The van der Waals surface area contributed by atoms with Crippen LogP contribution < -0.4 is 11.0 Å². The number of hydrogen-bond donors (Lipinski definition) is 4. The Morgan fingerprint density at radius 2 is 1.03 bits per heavy atom. The van der Waals surface area contributed by atoms with Crippen LogP contribution in [0, 0.1) is 0 Å². The van der Waals surface area contributed by atoms with Gasteiger partial charge in [-0.25, -0.2) is 35.2 Å². The van der Waals surface area contributed by atoms with Gasteiger partial charge in [0.1, 0.15) is 23.3 Å². The van der Waals surface area contributed by atoms with E-state index in [1.54, 1.807) is 30.6 Å². The molecule has 4 atom stereocenters. The highest BCUT2D eigenvalue weighted by molar-refractivity contribution is 7.80. The average molecular weight is 849 g/mol. The van der Waals surface area contributed by atoms with Gasteiger partial charge in [-0.15, -0.1) is 4.28 Å². The summed E-state index contributed by atoms with van der Waals surface area (Å²) in [5.41, 5.74) is 3.72. The molecule has 0 radical (unpaired) electrons. The summed E-state index contributed by atoms with van der Waals surface area (Å²) >= 11 is 0. The zero-order valence-corrected chi connectivity index (χ0v) is 34.5. The molecule has 0 aromatic carbocycles. The molecule has 6 heterocycles. The summed E-state index contributed by atoms with van der Waals surface area (Å²) in [5, 5.41) is 11.0. The van der Waals surface area contributed by atoms with Crippen molar-refractivity contribution in [3.63, 3.8) is 0 Å². The molecule has 23 nitrogen and oxygen atoms in total. The normalized spacial score (nSPS) is 25.7. The van der Waals surface area contributed by atoms with E-state index in [9.17, 15) is 42.4 Å². The average Bonchev–Trinajstić information content (AvgIpc) is 3.50. The second-order valence-corrected chi connectivity index (χ2v) is 18.0. The minimum absolute atomic E-state index is 0.0979. The summed E-state index contributed by atoms with van der Waals surface area (Å²) in [5.74, 6) is -0.915. The molecule has 0 saturated carbocycles. The predicted molar refractivity (Wildman–Crippen MR) is 196 cm³/mol. The quantitative estimate of drug-likeness (QED) is 0.153. The number of hydrogen-bond acceptors (Lipinski definition) is 14. The van der Waals surface area contributed by atoms with E-state index in [1.807, 2.05) is 20.8 Å². The first-order chi connectivity index (χ1) is 27.0. The number of ether oxygens (including phenoxy) is 2. The van der Waals surface area contributed by atoms with Crippen molar-refractivity contribution in [2.45, 2.75) is 140 Å². The molecule has 0 aliphatic carbocycles. The van der Waals surface area contributed by atoms with Gasteiger partial charge < -0.3 is 29.1 Å². The Kier molecular flexibility index (Phi) is 13.9. The van der Waals surface area contributed by atoms with E-state index >= 15 is 0 Å². The summed E-state index contributed by atoms with van der Waals surface area (Å²) in [6, 6.07) is -3.64. The molecule has 6 fully saturated rings. The summed E-state index contributed by atoms with van der Waals surface area (Å²) in [6.07, 6.45) is 2.61. The van der Waals surface area contributed by atoms with Gasteiger partial charge in [0.15, 0.2) is 0 Å². The smallest absolute Gasteiger partial charge is 0.418 e. The molecule has 0 spiro atoms. The number of piperidine rings is 4. The molecule has 4 bridgehead atoms. The molecular formula is C34H56N8O15S. The third kappa shape index (κ3) is 11.7. The van der Waals surface area contributed by atoms with Crippen molar-refractivity contribution in [3.05, 3.63) is 0 Å². The molecule has 6 aliphatic heterocycles. The first-order valence-corrected chi connectivity index (χ1v) is 20.8. The zero-order chi connectivity index (χ0) is 42.7. The lowest BCUT2D eigenvalue weighted by molar-refractivity contribution is -0.146. The molecule has 6 saturated heterocycles. The van der Waals surface area contributed by atoms with E-state index in [4.69, 9.17) is 23.7 Å². The highest BCUT2D eigenvalue weighted by atomic mass is 32.3. The fraction of sp³-hybridized carbons (Fsp3) is 0.824. The lowest BCUT2D eigenvalue weighted by Crippen LogP contribution is -2.51. The van der Waals surface area contributed by atoms with Crippen LogP contribution >= 0.6 is 0 Å². The Morgan fingerprint density at radius 1 is 0.638 bits per heavy atom. The first kappa shape index (κ1) is 44.9. The topological polar surface area (TPSA) is 267 Å². The molecular weight excluding hydrogens is 792 g/mol. The van der Waals surface area contributed by atoms with Crippen LogP contribution in [0.4, 0.5) is 19.2 Å². The number of likely N-dealkylation sites (tertiary alicyclic amines) is 2. The van der Waals surface area contributed by atoms with Gasteiger partial charge in [0, 0.05) is 39.3 Å². The minimum Gasteiger partial charge on any atom is -0.444 e. The van der Waals surface area contributed by atoms with Crippen molar-refractivity contribution in [2.24, 2.45) is 0 Å². The van der Waals surface area contributed by atoms with Crippen molar-refractivity contribution >= 4 is 46.5 Å². The van der Waals surface area contributed by atoms with Gasteiger partial charge in [-0.3, -0.25) is 29.0 Å². The van der Waals surface area contributed by atoms with Crippen molar-refractivity contribution in [3.8, 4) is 0 Å². The Bertz CT molecular complexity index is 1660. The van der Waals surface area contributed by atoms with Gasteiger partial charge in [0.25, 0.3) is 11.8 Å². The first-order valence-electron chi connectivity index (χ1n) is 19.4. The third-order valence-electron chi connectivity index (χ3n) is 10.3. The molecule has 0 aromatic rings. The Labute approximate surface area is 336 Å². The van der Waals surface area contributed by atoms with Gasteiger partial charge in [-0.2, -0.15) is 13.5 Å². The Balaban J connectivity index is 0.000000223. The molecule has 6 aliphatic rings. The molecule has 8 amide bonds. The fourth-order valence-corrected chi connectivity index (χ4v) is 7.80. The van der Waals surface area contributed by atoms with Crippen LogP contribution in [-0.2, 0) is 43.4 Å². The fourth-order valence-electron chi connectivity index (χ4n) is 7.41. The summed E-state index contributed by atoms with van der Waals surface area (Å²) in [4.78, 5) is 90.2. The maximum absolute atomic E-state index is 12.6. The van der Waals surface area contributed by atoms with E-state index in [0.717, 1.165) is 0 Å². The molecule has 24 heteroatoms. The van der Waals surface area contributed by atoms with Crippen LogP contribution in [0.2, 0.25) is 0 Å². The second kappa shape index (κ2) is 17.9. The lowest BCUT2D eigenvalue weighted by Gasteiger charge is -2.34. The number of urea groups is 2. The number of amides is 8. The number of carbonyl (C=O) groups is 6. The number of nitrogens with one attached hydrogen (secondary N) is 2. The van der Waals surface area contributed by atoms with Crippen molar-refractivity contribution in [1.29, 1.82) is 0 Å². The highest BCUT2D eigenvalue weighted by Crippen LogP contribution is 2.31. The monoisotopic (exact) mass is 848 g/mol. The molecule has 0 unspecified atom stereocenters. The molecule has 6 rings (SSSR count). The minimum atomic E-state index is -4.85. The summed E-state index contributed by atoms with van der Waals surface area (Å²) < 4.78 is 45.7. The van der Waals surface area contributed by atoms with Crippen LogP contribution in [0.3, 0.4) is 0 Å². The molecule has 58 heavy (non-hydrogen) atoms. The van der Waals surface area contributed by atoms with Crippen LogP contribution in [0.25, 0.3) is 0 Å². The highest BCUT2D eigenvalue weighted by Gasteiger charge is 2.50. The predicted octanol–water partition coefficient (Wildman–Crippen LogP) is 1.53. The second-order valence-electron chi connectivity index (χ2n) is 17.0. The maximum atomic E-state index is 12.6. The maximum Gasteiger partial charge on any atom is 0.418 e. The zero-order valence-electron chi connectivity index (χ0n) is 33.7. The largest absolute Gasteiger partial charge is 0.444 e. The summed E-state index contributed by atoms with van der Waals surface area (Å²) in [7, 11) is -4.85. The SMILES string of the molecule is CC(C)(C)OC(=O)N1CCC(ONC(=O)[C@@H]2CC[C@@H]3CN2C(=O)N3O)CC1.CC(C)(C)OC(=O)N1CCC(ONC(=O)[C@@H]2CC[C@@H]3CN2C(=O)N3OS(=O)(=O)O)CC1. The van der Waals surface area contributed by atoms with E-state index in [1.165, 1.54) is 9.80 Å². The van der Waals surface area contributed by atoms with Crippen LogP contribution in [0.1, 0.15) is 92.9 Å². The van der Waals surface area contributed by atoms with E-state index < -0.39 is 63.8 Å². The van der Waals surface area contributed by atoms with Gasteiger partial charge in [0.05, 0.1) is 24.3 Å². The third-order valence-corrected chi connectivity index (χ3v) is 10.6. The van der Waals surface area contributed by atoms with Gasteiger partial charge in [-0.1, -0.05) is 0 Å². The Morgan fingerprint density at radius 3 is 1.45 bits per heavy atom. The number of fused-ring (bicyclic) bond motifs is 4. The van der Waals surface area contributed by atoms with E-state index in [-0.39, 0.29) is 43.2 Å².